The number of piperidine rings is 3. The Labute approximate surface area is 153 Å². The van der Waals surface area contributed by atoms with Gasteiger partial charge >= 0.3 is 5.97 Å². The summed E-state index contributed by atoms with van der Waals surface area (Å²) in [4.78, 5) is 21.0. The topological polar surface area (TPSA) is 56.7 Å². The van der Waals surface area contributed by atoms with Gasteiger partial charge in [-0.25, -0.2) is 9.78 Å². The Morgan fingerprint density at radius 3 is 2.58 bits per heavy atom. The zero-order chi connectivity index (χ0) is 17.7. The van der Waals surface area contributed by atoms with Crippen molar-refractivity contribution in [2.24, 2.45) is 5.92 Å². The van der Waals surface area contributed by atoms with Crippen LogP contribution in [0.15, 0.2) is 48.7 Å². The van der Waals surface area contributed by atoms with Gasteiger partial charge in [-0.3, -0.25) is 4.90 Å². The van der Waals surface area contributed by atoms with Crippen molar-refractivity contribution in [2.75, 3.05) is 24.5 Å². The fourth-order valence-corrected chi connectivity index (χ4v) is 5.38. The molecule has 4 aliphatic heterocycles. The van der Waals surface area contributed by atoms with Gasteiger partial charge in [0.15, 0.2) is 0 Å². The molecule has 4 saturated heterocycles. The van der Waals surface area contributed by atoms with Crippen LogP contribution in [0.25, 0.3) is 0 Å². The van der Waals surface area contributed by atoms with E-state index in [-0.39, 0.29) is 0 Å². The highest BCUT2D eigenvalue weighted by molar-refractivity contribution is 5.88. The molecule has 3 atom stereocenters. The van der Waals surface area contributed by atoms with Crippen molar-refractivity contribution in [1.82, 2.24) is 9.88 Å². The molecule has 26 heavy (non-hydrogen) atoms. The van der Waals surface area contributed by atoms with Gasteiger partial charge in [-0.05, 0) is 49.5 Å². The second-order valence-electron chi connectivity index (χ2n) is 7.73. The lowest BCUT2D eigenvalue weighted by atomic mass is 9.75. The Hall–Kier alpha value is -2.40. The van der Waals surface area contributed by atoms with E-state index in [4.69, 9.17) is 0 Å². The molecule has 5 heterocycles. The fraction of sp³-hybridized carbons (Fsp3) is 0.429. The molecule has 0 unspecified atom stereocenters. The van der Waals surface area contributed by atoms with E-state index in [1.165, 1.54) is 31.5 Å². The van der Waals surface area contributed by atoms with Crippen molar-refractivity contribution in [3.05, 3.63) is 59.8 Å². The van der Waals surface area contributed by atoms with E-state index in [2.05, 4.69) is 45.1 Å². The molecule has 4 fully saturated rings. The highest BCUT2D eigenvalue weighted by Crippen LogP contribution is 2.47. The van der Waals surface area contributed by atoms with Crippen LogP contribution in [-0.2, 0) is 0 Å². The lowest BCUT2D eigenvalue weighted by molar-refractivity contribution is 0.0354. The maximum atomic E-state index is 11.4. The first-order valence-electron chi connectivity index (χ1n) is 9.47. The predicted molar refractivity (Wildman–Crippen MR) is 99.6 cm³/mol. The van der Waals surface area contributed by atoms with Crippen LogP contribution < -0.4 is 4.90 Å². The molecule has 6 rings (SSSR count). The monoisotopic (exact) mass is 349 g/mol. The average Bonchev–Trinajstić information content (AvgIpc) is 3.13. The zero-order valence-corrected chi connectivity index (χ0v) is 14.7. The van der Waals surface area contributed by atoms with Crippen LogP contribution in [-0.4, -0.2) is 52.7 Å². The summed E-state index contributed by atoms with van der Waals surface area (Å²) in [6.45, 7) is 3.28. The molecule has 134 valence electrons. The Balaban J connectivity index is 1.56. The summed E-state index contributed by atoms with van der Waals surface area (Å²) in [6.07, 6.45) is 4.10. The first kappa shape index (κ1) is 15.8. The van der Waals surface area contributed by atoms with Crippen LogP contribution >= 0.6 is 0 Å². The number of anilines is 1. The number of fused-ring (bicyclic) bond motifs is 2. The standard InChI is InChI=1S/C21H23N3O2/c25-21(26)16-6-9-22-18(12-16)24-13-17(14-4-2-1-3-5-14)20-19(24)15-7-10-23(20)11-8-15/h1-6,9,12,15,17,19-20H,7-8,10-11,13H2,(H,25,26)/t17-,19-,20-/m1/s1. The van der Waals surface area contributed by atoms with Gasteiger partial charge in [0.25, 0.3) is 0 Å². The van der Waals surface area contributed by atoms with Crippen LogP contribution in [0.5, 0.6) is 0 Å². The van der Waals surface area contributed by atoms with Gasteiger partial charge in [-0.2, -0.15) is 0 Å². The molecule has 0 amide bonds. The highest BCUT2D eigenvalue weighted by atomic mass is 16.4. The summed E-state index contributed by atoms with van der Waals surface area (Å²) in [5, 5.41) is 9.37. The minimum atomic E-state index is -0.891. The van der Waals surface area contributed by atoms with E-state index < -0.39 is 5.97 Å². The maximum absolute atomic E-state index is 11.4. The predicted octanol–water partition coefficient (Wildman–Crippen LogP) is 2.85. The van der Waals surface area contributed by atoms with Crippen LogP contribution in [0.4, 0.5) is 5.82 Å². The summed E-state index contributed by atoms with van der Waals surface area (Å²) in [6, 6.07) is 15.0. The normalized spacial score (nSPS) is 32.5. The van der Waals surface area contributed by atoms with Gasteiger partial charge in [-0.1, -0.05) is 30.3 Å². The van der Waals surface area contributed by atoms with E-state index in [9.17, 15) is 9.90 Å². The Kier molecular flexibility index (Phi) is 3.71. The fourth-order valence-electron chi connectivity index (χ4n) is 5.38. The van der Waals surface area contributed by atoms with E-state index in [1.54, 1.807) is 18.3 Å². The largest absolute Gasteiger partial charge is 0.478 e. The smallest absolute Gasteiger partial charge is 0.335 e. The van der Waals surface area contributed by atoms with Gasteiger partial charge in [0.2, 0.25) is 0 Å². The minimum absolute atomic E-state index is 0.316. The third-order valence-electron chi connectivity index (χ3n) is 6.51. The number of hydrogen-bond donors (Lipinski definition) is 1. The number of aromatic carboxylic acids is 1. The minimum Gasteiger partial charge on any atom is -0.478 e. The van der Waals surface area contributed by atoms with Gasteiger partial charge in [0, 0.05) is 30.7 Å². The second-order valence-corrected chi connectivity index (χ2v) is 7.73. The van der Waals surface area contributed by atoms with Gasteiger partial charge < -0.3 is 10.0 Å². The first-order chi connectivity index (χ1) is 12.7. The molecule has 5 heteroatoms. The molecule has 1 aromatic carbocycles. The number of aromatic nitrogens is 1. The van der Waals surface area contributed by atoms with Crippen molar-refractivity contribution in [1.29, 1.82) is 0 Å². The summed E-state index contributed by atoms with van der Waals surface area (Å²) in [5.41, 5.74) is 1.70. The van der Waals surface area contributed by atoms with Crippen molar-refractivity contribution >= 4 is 11.8 Å². The van der Waals surface area contributed by atoms with Gasteiger partial charge in [-0.15, -0.1) is 0 Å². The molecule has 4 aliphatic rings. The number of rotatable bonds is 3. The number of benzene rings is 1. The van der Waals surface area contributed by atoms with Crippen LogP contribution in [0, 0.1) is 5.92 Å². The van der Waals surface area contributed by atoms with Crippen LogP contribution in [0.1, 0.15) is 34.7 Å². The number of hydrogen-bond acceptors (Lipinski definition) is 4. The number of pyridine rings is 1. The summed E-state index contributed by atoms with van der Waals surface area (Å²) in [5.74, 6) is 1.04. The summed E-state index contributed by atoms with van der Waals surface area (Å²) < 4.78 is 0. The van der Waals surface area contributed by atoms with Crippen molar-refractivity contribution < 1.29 is 9.90 Å². The van der Waals surface area contributed by atoms with Crippen molar-refractivity contribution in [3.8, 4) is 0 Å². The molecule has 1 aromatic heterocycles. The molecule has 0 radical (unpaired) electrons. The van der Waals surface area contributed by atoms with Crippen molar-refractivity contribution in [2.45, 2.75) is 30.8 Å². The molecule has 2 bridgehead atoms. The Bertz CT molecular complexity index is 817. The highest BCUT2D eigenvalue weighted by Gasteiger charge is 2.53. The third kappa shape index (κ3) is 2.42. The molecular weight excluding hydrogens is 326 g/mol. The summed E-state index contributed by atoms with van der Waals surface area (Å²) >= 11 is 0. The second kappa shape index (κ2) is 6.09. The quantitative estimate of drug-likeness (QED) is 0.923. The molecule has 0 spiro atoms. The molecule has 5 nitrogen and oxygen atoms in total. The van der Waals surface area contributed by atoms with E-state index in [0.29, 0.717) is 29.5 Å². The summed E-state index contributed by atoms with van der Waals surface area (Å²) in [7, 11) is 0. The van der Waals surface area contributed by atoms with Crippen LogP contribution in [0.3, 0.4) is 0 Å². The first-order valence-corrected chi connectivity index (χ1v) is 9.47. The van der Waals surface area contributed by atoms with Crippen LogP contribution in [0.2, 0.25) is 0 Å². The van der Waals surface area contributed by atoms with Gasteiger partial charge in [0.1, 0.15) is 5.82 Å². The lowest BCUT2D eigenvalue weighted by Crippen LogP contribution is -2.60. The number of carbonyl (C=O) groups is 1. The molecular formula is C21H23N3O2. The molecule has 2 aromatic rings. The van der Waals surface area contributed by atoms with Crippen molar-refractivity contribution in [3.63, 3.8) is 0 Å². The Morgan fingerprint density at radius 1 is 1.08 bits per heavy atom. The third-order valence-corrected chi connectivity index (χ3v) is 6.51. The number of carboxylic acid groups (broad SMARTS) is 1. The number of carboxylic acids is 1. The molecule has 0 aliphatic carbocycles. The maximum Gasteiger partial charge on any atom is 0.335 e. The van der Waals surface area contributed by atoms with Gasteiger partial charge in [0.05, 0.1) is 5.56 Å². The zero-order valence-electron chi connectivity index (χ0n) is 14.7. The molecule has 0 saturated carbocycles. The van der Waals surface area contributed by atoms with E-state index in [0.717, 1.165) is 12.4 Å². The van der Waals surface area contributed by atoms with E-state index >= 15 is 0 Å². The number of nitrogens with zero attached hydrogens (tertiary/aromatic N) is 3. The molecule has 1 N–H and O–H groups in total. The lowest BCUT2D eigenvalue weighted by Gasteiger charge is -2.51. The van der Waals surface area contributed by atoms with E-state index in [1.807, 2.05) is 0 Å². The average molecular weight is 349 g/mol. The Morgan fingerprint density at radius 2 is 1.85 bits per heavy atom. The SMILES string of the molecule is O=C(O)c1ccnc(N2C[C@H](c3ccccc3)[C@@H]3[C@H]2C2CCN3CC2)c1.